The van der Waals surface area contributed by atoms with Crippen LogP contribution < -0.4 is 0 Å². The number of carbonyl (C=O) groups is 1. The van der Waals surface area contributed by atoms with E-state index in [0.29, 0.717) is 12.1 Å². The highest BCUT2D eigenvalue weighted by Gasteiger charge is 2.39. The molecule has 25 heavy (non-hydrogen) atoms. The van der Waals surface area contributed by atoms with Crippen LogP contribution in [0.15, 0.2) is 60.7 Å². The maximum absolute atomic E-state index is 12.7. The fourth-order valence-corrected chi connectivity index (χ4v) is 2.82. The van der Waals surface area contributed by atoms with Crippen molar-refractivity contribution in [1.29, 1.82) is 0 Å². The van der Waals surface area contributed by atoms with Crippen LogP contribution in [0.5, 0.6) is 0 Å². The Kier molecular flexibility index (Phi) is 7.16. The van der Waals surface area contributed by atoms with E-state index in [9.17, 15) is 9.90 Å². The quantitative estimate of drug-likeness (QED) is 0.713. The number of hydrogen-bond donors (Lipinski definition) is 1. The average Bonchev–Trinajstić information content (AvgIpc) is 2.66. The highest BCUT2D eigenvalue weighted by Crippen LogP contribution is 2.27. The molecular weight excluding hydrogens is 314 g/mol. The van der Waals surface area contributed by atoms with E-state index >= 15 is 0 Å². The van der Waals surface area contributed by atoms with Crippen LogP contribution >= 0.6 is 0 Å². The lowest BCUT2D eigenvalue weighted by atomic mass is 9.87. The Hall–Kier alpha value is -2.17. The average molecular weight is 341 g/mol. The molecule has 1 N–H and O–H groups in total. The van der Waals surface area contributed by atoms with Crippen molar-refractivity contribution in [3.05, 3.63) is 71.8 Å². The van der Waals surface area contributed by atoms with E-state index in [0.717, 1.165) is 18.7 Å². The molecule has 2 aromatic rings. The Balaban J connectivity index is 2.15. The zero-order valence-electron chi connectivity index (χ0n) is 15.0. The summed E-state index contributed by atoms with van der Waals surface area (Å²) < 4.78 is 5.44. The normalized spacial score (nSPS) is 13.4. The third-order valence-electron chi connectivity index (χ3n) is 4.43. The monoisotopic (exact) mass is 341 g/mol. The number of aliphatic hydroxyl groups is 1. The van der Waals surface area contributed by atoms with Crippen LogP contribution in [0.1, 0.15) is 25.0 Å². The number of rotatable bonds is 9. The van der Waals surface area contributed by atoms with Crippen molar-refractivity contribution in [1.82, 2.24) is 4.90 Å². The summed E-state index contributed by atoms with van der Waals surface area (Å²) in [6, 6.07) is 18.5. The van der Waals surface area contributed by atoms with Gasteiger partial charge in [-0.2, -0.15) is 0 Å². The van der Waals surface area contributed by atoms with Gasteiger partial charge in [-0.25, -0.2) is 4.79 Å². The standard InChI is InChI=1S/C21H27NO3/c1-3-22(4-2)15-16-25-20(23)21(24,19-13-9-6-10-14-19)17-18-11-7-5-8-12-18/h5-14,24H,3-4,15-17H2,1-2H3. The molecule has 0 fully saturated rings. The maximum Gasteiger partial charge on any atom is 0.343 e. The molecule has 4 nitrogen and oxygen atoms in total. The first-order chi connectivity index (χ1) is 12.1. The van der Waals surface area contributed by atoms with Gasteiger partial charge in [0.15, 0.2) is 5.60 Å². The second-order valence-corrected chi connectivity index (χ2v) is 6.05. The molecule has 1 atom stereocenters. The smallest absolute Gasteiger partial charge is 0.343 e. The summed E-state index contributed by atoms with van der Waals surface area (Å²) in [5, 5.41) is 11.2. The van der Waals surface area contributed by atoms with Crippen molar-refractivity contribution in [3.8, 4) is 0 Å². The van der Waals surface area contributed by atoms with Gasteiger partial charge in [0, 0.05) is 13.0 Å². The second kappa shape index (κ2) is 9.35. The SMILES string of the molecule is CCN(CC)CCOC(=O)C(O)(Cc1ccccc1)c1ccccc1. The molecule has 1 unspecified atom stereocenters. The molecule has 0 aliphatic rings. The van der Waals surface area contributed by atoms with Crippen molar-refractivity contribution >= 4 is 5.97 Å². The predicted molar refractivity (Wildman–Crippen MR) is 99.2 cm³/mol. The number of ether oxygens (including phenoxy) is 1. The minimum atomic E-state index is -1.69. The molecule has 4 heteroatoms. The molecule has 0 saturated heterocycles. The van der Waals surface area contributed by atoms with Crippen LogP contribution in [-0.4, -0.2) is 42.2 Å². The van der Waals surface area contributed by atoms with E-state index in [2.05, 4.69) is 18.7 Å². The summed E-state index contributed by atoms with van der Waals surface area (Å²) in [5.74, 6) is -0.602. The molecule has 0 spiro atoms. The Morgan fingerprint density at radius 1 is 1.00 bits per heavy atom. The molecule has 0 aliphatic carbocycles. The van der Waals surface area contributed by atoms with Crippen LogP contribution in [0.2, 0.25) is 0 Å². The van der Waals surface area contributed by atoms with Gasteiger partial charge in [0.05, 0.1) is 0 Å². The minimum absolute atomic E-state index is 0.182. The van der Waals surface area contributed by atoms with Crippen molar-refractivity contribution < 1.29 is 14.6 Å². The molecule has 2 rings (SSSR count). The molecule has 134 valence electrons. The van der Waals surface area contributed by atoms with E-state index in [1.807, 2.05) is 48.5 Å². The first-order valence-corrected chi connectivity index (χ1v) is 8.81. The summed E-state index contributed by atoms with van der Waals surface area (Å²) in [7, 11) is 0. The van der Waals surface area contributed by atoms with Crippen molar-refractivity contribution in [2.75, 3.05) is 26.2 Å². The highest BCUT2D eigenvalue weighted by atomic mass is 16.5. The fraction of sp³-hybridized carbons (Fsp3) is 0.381. The minimum Gasteiger partial charge on any atom is -0.462 e. The van der Waals surface area contributed by atoms with Gasteiger partial charge in [-0.05, 0) is 24.2 Å². The van der Waals surface area contributed by atoms with Gasteiger partial charge < -0.3 is 14.7 Å². The maximum atomic E-state index is 12.7. The fourth-order valence-electron chi connectivity index (χ4n) is 2.82. The van der Waals surface area contributed by atoms with Crippen LogP contribution in [0.4, 0.5) is 0 Å². The van der Waals surface area contributed by atoms with Gasteiger partial charge in [0.1, 0.15) is 6.61 Å². The third kappa shape index (κ3) is 5.15. The van der Waals surface area contributed by atoms with Crippen molar-refractivity contribution in [2.24, 2.45) is 0 Å². The van der Waals surface area contributed by atoms with Crippen molar-refractivity contribution in [2.45, 2.75) is 25.9 Å². The van der Waals surface area contributed by atoms with E-state index < -0.39 is 11.6 Å². The lowest BCUT2D eigenvalue weighted by Gasteiger charge is -2.27. The molecule has 0 radical (unpaired) electrons. The first kappa shape index (κ1) is 19.2. The topological polar surface area (TPSA) is 49.8 Å². The van der Waals surface area contributed by atoms with Gasteiger partial charge >= 0.3 is 5.97 Å². The molecule has 0 bridgehead atoms. The number of benzene rings is 2. The summed E-state index contributed by atoms with van der Waals surface area (Å²) in [6.07, 6.45) is 0.182. The van der Waals surface area contributed by atoms with Crippen LogP contribution in [0.25, 0.3) is 0 Å². The first-order valence-electron chi connectivity index (χ1n) is 8.81. The van der Waals surface area contributed by atoms with Crippen LogP contribution in [-0.2, 0) is 21.6 Å². The molecule has 0 aliphatic heterocycles. The van der Waals surface area contributed by atoms with E-state index in [1.165, 1.54) is 0 Å². The number of hydrogen-bond acceptors (Lipinski definition) is 4. The molecule has 0 heterocycles. The summed E-state index contributed by atoms with van der Waals surface area (Å²) in [5.41, 5.74) is -0.257. The van der Waals surface area contributed by atoms with Crippen molar-refractivity contribution in [3.63, 3.8) is 0 Å². The van der Waals surface area contributed by atoms with Crippen LogP contribution in [0, 0.1) is 0 Å². The van der Waals surface area contributed by atoms with Gasteiger partial charge in [0.2, 0.25) is 0 Å². The number of nitrogens with zero attached hydrogens (tertiary/aromatic N) is 1. The van der Waals surface area contributed by atoms with Gasteiger partial charge in [-0.1, -0.05) is 74.5 Å². The van der Waals surface area contributed by atoms with E-state index in [-0.39, 0.29) is 13.0 Å². The van der Waals surface area contributed by atoms with Gasteiger partial charge in [0.25, 0.3) is 0 Å². The molecule has 2 aromatic carbocycles. The number of likely N-dealkylation sites (N-methyl/N-ethyl adjacent to an activating group) is 1. The molecular formula is C21H27NO3. The summed E-state index contributed by atoms with van der Waals surface area (Å²) in [4.78, 5) is 14.9. The second-order valence-electron chi connectivity index (χ2n) is 6.05. The third-order valence-corrected chi connectivity index (χ3v) is 4.43. The van der Waals surface area contributed by atoms with Gasteiger partial charge in [-0.3, -0.25) is 0 Å². The molecule has 0 aromatic heterocycles. The Labute approximate surface area is 150 Å². The lowest BCUT2D eigenvalue weighted by Crippen LogP contribution is -2.40. The molecule has 0 saturated carbocycles. The molecule has 0 amide bonds. The van der Waals surface area contributed by atoms with Crippen LogP contribution in [0.3, 0.4) is 0 Å². The van der Waals surface area contributed by atoms with E-state index in [4.69, 9.17) is 4.74 Å². The summed E-state index contributed by atoms with van der Waals surface area (Å²) in [6.45, 7) is 6.88. The lowest BCUT2D eigenvalue weighted by molar-refractivity contribution is -0.167. The number of carbonyl (C=O) groups excluding carboxylic acids is 1. The Morgan fingerprint density at radius 2 is 1.56 bits per heavy atom. The summed E-state index contributed by atoms with van der Waals surface area (Å²) >= 11 is 0. The van der Waals surface area contributed by atoms with Gasteiger partial charge in [-0.15, -0.1) is 0 Å². The largest absolute Gasteiger partial charge is 0.462 e. The zero-order valence-corrected chi connectivity index (χ0v) is 15.0. The number of esters is 1. The van der Waals surface area contributed by atoms with E-state index in [1.54, 1.807) is 12.1 Å². The Bertz CT molecular complexity index is 641. The zero-order chi connectivity index (χ0) is 18.1. The highest BCUT2D eigenvalue weighted by molar-refractivity contribution is 5.81. The predicted octanol–water partition coefficient (Wildman–Crippen LogP) is 3.00. The Morgan fingerprint density at radius 3 is 2.12 bits per heavy atom.